The Kier molecular flexibility index (Phi) is 12.8. The number of nitrogens with zero attached hydrogens (tertiary/aromatic N) is 3. The van der Waals surface area contributed by atoms with Crippen molar-refractivity contribution in [2.24, 2.45) is 10.9 Å². The summed E-state index contributed by atoms with van der Waals surface area (Å²) in [6, 6.07) is 2.06. The Hall–Kier alpha value is -2.85. The molecule has 0 spiro atoms. The number of nitriles is 1. The lowest BCUT2D eigenvalue weighted by Gasteiger charge is -2.34. The number of piperazine rings is 1. The van der Waals surface area contributed by atoms with Gasteiger partial charge >= 0.3 is 5.97 Å². The van der Waals surface area contributed by atoms with Crippen LogP contribution in [0, 0.1) is 17.2 Å². The number of aliphatic imine (C=N–C) groups is 1. The van der Waals surface area contributed by atoms with E-state index in [1.165, 1.54) is 0 Å². The summed E-state index contributed by atoms with van der Waals surface area (Å²) in [5.74, 6) is 0.287. The zero-order chi connectivity index (χ0) is 23.9. The molecule has 0 aliphatic carbocycles. The molecule has 1 atom stereocenters. The van der Waals surface area contributed by atoms with Gasteiger partial charge in [0.05, 0.1) is 18.0 Å². The van der Waals surface area contributed by atoms with Crippen LogP contribution in [0.15, 0.2) is 52.5 Å². The van der Waals surface area contributed by atoms with E-state index in [4.69, 9.17) is 9.73 Å². The predicted molar refractivity (Wildman–Crippen MR) is 131 cm³/mol. The molecular formula is C25H39N5O2. The first-order chi connectivity index (χ1) is 15.6. The van der Waals surface area contributed by atoms with Gasteiger partial charge in [-0.25, -0.2) is 9.79 Å². The fourth-order valence-corrected chi connectivity index (χ4v) is 3.51. The lowest BCUT2D eigenvalue weighted by atomic mass is 10.0. The maximum Gasteiger partial charge on any atom is 0.351 e. The summed E-state index contributed by atoms with van der Waals surface area (Å²) < 4.78 is 5.54. The van der Waals surface area contributed by atoms with E-state index < -0.39 is 5.97 Å². The van der Waals surface area contributed by atoms with Crippen molar-refractivity contribution < 1.29 is 9.53 Å². The van der Waals surface area contributed by atoms with Crippen LogP contribution in [0.2, 0.25) is 0 Å². The molecule has 2 rings (SSSR count). The molecule has 7 nitrogen and oxygen atoms in total. The molecule has 0 radical (unpaired) electrons. The average molecular weight is 442 g/mol. The molecule has 1 unspecified atom stereocenters. The molecular weight excluding hydrogens is 402 g/mol. The minimum Gasteiger partial charge on any atom is -0.461 e. The summed E-state index contributed by atoms with van der Waals surface area (Å²) in [7, 11) is 0. The maximum absolute atomic E-state index is 12.9. The highest BCUT2D eigenvalue weighted by atomic mass is 16.5. The smallest absolute Gasteiger partial charge is 0.351 e. The summed E-state index contributed by atoms with van der Waals surface area (Å²) in [5.41, 5.74) is 1.78. The minimum atomic E-state index is -0.612. The number of rotatable bonds is 7. The Bertz CT molecular complexity index is 796. The van der Waals surface area contributed by atoms with Crippen molar-refractivity contribution in [3.63, 3.8) is 0 Å². The second-order valence-electron chi connectivity index (χ2n) is 7.31. The fraction of sp³-hybridized carbons (Fsp3) is 0.560. The van der Waals surface area contributed by atoms with Crippen LogP contribution in [0.4, 0.5) is 0 Å². The second-order valence-corrected chi connectivity index (χ2v) is 7.31. The zero-order valence-corrected chi connectivity index (χ0v) is 20.3. The molecule has 2 aliphatic rings. The van der Waals surface area contributed by atoms with Gasteiger partial charge in [0.25, 0.3) is 0 Å². The maximum atomic E-state index is 12.9. The molecule has 0 bridgehead atoms. The minimum absolute atomic E-state index is 0.0521. The number of hydrogen-bond donors (Lipinski definition) is 2. The molecule has 0 aromatic heterocycles. The number of nitrogens with one attached hydrogen (secondary N) is 2. The number of carbonyl (C=O) groups is 1. The van der Waals surface area contributed by atoms with E-state index >= 15 is 0 Å². The van der Waals surface area contributed by atoms with Crippen LogP contribution in [-0.2, 0) is 9.53 Å². The van der Waals surface area contributed by atoms with E-state index in [1.807, 2.05) is 26.8 Å². The van der Waals surface area contributed by atoms with Crippen molar-refractivity contribution in [1.29, 1.82) is 5.26 Å². The highest BCUT2D eigenvalue weighted by Gasteiger charge is 2.30. The highest BCUT2D eigenvalue weighted by molar-refractivity contribution is 6.08. The quantitative estimate of drug-likeness (QED) is 0.352. The van der Waals surface area contributed by atoms with Crippen LogP contribution in [0.1, 0.15) is 53.9 Å². The van der Waals surface area contributed by atoms with Gasteiger partial charge in [0.15, 0.2) is 11.4 Å². The SMILES string of the molecule is C=C/C=C1/N/C(=C(/C#N)C(=O)OCC(CC)CCC)C(N2CCNCC2)=N/C1=C/C.CC. The third-order valence-corrected chi connectivity index (χ3v) is 5.25. The first-order valence-corrected chi connectivity index (χ1v) is 11.7. The number of allylic oxidation sites excluding steroid dienone is 3. The summed E-state index contributed by atoms with van der Waals surface area (Å²) in [6.07, 6.45) is 8.28. The summed E-state index contributed by atoms with van der Waals surface area (Å²) in [6.45, 7) is 17.3. The molecule has 0 aromatic rings. The van der Waals surface area contributed by atoms with Crippen molar-refractivity contribution in [2.75, 3.05) is 32.8 Å². The van der Waals surface area contributed by atoms with Gasteiger partial charge in [-0.1, -0.05) is 59.3 Å². The highest BCUT2D eigenvalue weighted by Crippen LogP contribution is 2.23. The van der Waals surface area contributed by atoms with E-state index in [-0.39, 0.29) is 5.57 Å². The van der Waals surface area contributed by atoms with Crippen molar-refractivity contribution in [1.82, 2.24) is 15.5 Å². The van der Waals surface area contributed by atoms with Gasteiger partial charge in [0.1, 0.15) is 11.8 Å². The van der Waals surface area contributed by atoms with Crippen molar-refractivity contribution in [3.05, 3.63) is 47.5 Å². The molecule has 2 heterocycles. The summed E-state index contributed by atoms with van der Waals surface area (Å²) in [4.78, 5) is 19.7. The second kappa shape index (κ2) is 15.0. The third kappa shape index (κ3) is 7.38. The van der Waals surface area contributed by atoms with Gasteiger partial charge in [0, 0.05) is 26.2 Å². The summed E-state index contributed by atoms with van der Waals surface area (Å²) >= 11 is 0. The van der Waals surface area contributed by atoms with Gasteiger partial charge in [0.2, 0.25) is 0 Å². The van der Waals surface area contributed by atoms with Crippen LogP contribution in [0.5, 0.6) is 0 Å². The van der Waals surface area contributed by atoms with Crippen molar-refractivity contribution in [2.45, 2.75) is 53.9 Å². The normalized spacial score (nSPS) is 20.9. The number of hydrogen-bond acceptors (Lipinski definition) is 7. The van der Waals surface area contributed by atoms with Gasteiger partial charge in [-0.2, -0.15) is 5.26 Å². The Morgan fingerprint density at radius 1 is 1.34 bits per heavy atom. The van der Waals surface area contributed by atoms with Gasteiger partial charge in [-0.3, -0.25) is 0 Å². The Morgan fingerprint density at radius 2 is 2.03 bits per heavy atom. The molecule has 1 saturated heterocycles. The van der Waals surface area contributed by atoms with Crippen molar-refractivity contribution >= 4 is 11.8 Å². The topological polar surface area (TPSA) is 89.8 Å². The molecule has 7 heteroatoms. The predicted octanol–water partition coefficient (Wildman–Crippen LogP) is 4.04. The Morgan fingerprint density at radius 3 is 2.56 bits per heavy atom. The number of carbonyl (C=O) groups excluding carboxylic acids is 1. The molecule has 32 heavy (non-hydrogen) atoms. The number of esters is 1. The van der Waals surface area contributed by atoms with E-state index in [0.717, 1.165) is 51.1 Å². The number of amidine groups is 1. The van der Waals surface area contributed by atoms with Gasteiger partial charge in [-0.05, 0) is 25.3 Å². The van der Waals surface area contributed by atoms with E-state index in [1.54, 1.807) is 12.2 Å². The molecule has 1 fully saturated rings. The van der Waals surface area contributed by atoms with Crippen LogP contribution in [0.25, 0.3) is 0 Å². The van der Waals surface area contributed by atoms with Crippen LogP contribution >= 0.6 is 0 Å². The molecule has 0 aromatic carbocycles. The molecule has 176 valence electrons. The first kappa shape index (κ1) is 27.2. The monoisotopic (exact) mass is 441 g/mol. The standard InChI is InChI=1S/C23H33N5O2.C2H6/c1-5-9-17(7-3)16-30-23(29)18(15-24)21-22(28-13-11-25-12-14-28)27-19(8-4)20(26-21)10-6-2;1-2/h6,8,10,17,25-26H,2,5,7,9,11-14,16H2,1,3-4H3;1-2H3/b19-8+,20-10+,21-18-;. The largest absolute Gasteiger partial charge is 0.461 e. The van der Waals surface area contributed by atoms with Crippen LogP contribution < -0.4 is 10.6 Å². The Balaban J connectivity index is 0.00000249. The van der Waals surface area contributed by atoms with Crippen LogP contribution in [0.3, 0.4) is 0 Å². The molecule has 2 N–H and O–H groups in total. The molecule has 0 amide bonds. The molecule has 2 aliphatic heterocycles. The first-order valence-electron chi connectivity index (χ1n) is 11.7. The lowest BCUT2D eigenvalue weighted by Crippen LogP contribution is -2.49. The van der Waals surface area contributed by atoms with Gasteiger partial charge < -0.3 is 20.3 Å². The average Bonchev–Trinajstić information content (AvgIpc) is 2.84. The van der Waals surface area contributed by atoms with Crippen LogP contribution in [-0.4, -0.2) is 49.5 Å². The van der Waals surface area contributed by atoms with E-state index in [2.05, 4.69) is 42.0 Å². The fourth-order valence-electron chi connectivity index (χ4n) is 3.51. The van der Waals surface area contributed by atoms with E-state index in [0.29, 0.717) is 29.8 Å². The molecule has 0 saturated carbocycles. The van der Waals surface area contributed by atoms with Gasteiger partial charge in [-0.15, -0.1) is 0 Å². The van der Waals surface area contributed by atoms with E-state index in [9.17, 15) is 10.1 Å². The Labute approximate surface area is 193 Å². The zero-order valence-electron chi connectivity index (χ0n) is 20.3. The lowest BCUT2D eigenvalue weighted by molar-refractivity contribution is -0.140. The van der Waals surface area contributed by atoms with Crippen molar-refractivity contribution in [3.8, 4) is 6.07 Å². The third-order valence-electron chi connectivity index (χ3n) is 5.25. The summed E-state index contributed by atoms with van der Waals surface area (Å²) in [5, 5.41) is 16.4. The number of ether oxygens (including phenoxy) is 1.